The Bertz CT molecular complexity index is 1190. The van der Waals surface area contributed by atoms with E-state index in [1.165, 1.54) is 5.56 Å². The van der Waals surface area contributed by atoms with Gasteiger partial charge in [0.1, 0.15) is 12.0 Å². The summed E-state index contributed by atoms with van der Waals surface area (Å²) < 4.78 is 5.69. The molecule has 34 heavy (non-hydrogen) atoms. The average Bonchev–Trinajstić information content (AvgIpc) is 2.81. The topological polar surface area (TPSA) is 56.8 Å². The number of nitrogens with zero attached hydrogens (tertiary/aromatic N) is 1. The molecular weight excluding hydrogens is 446 g/mol. The molecule has 3 N–H and O–H groups in total. The van der Waals surface area contributed by atoms with Crippen LogP contribution in [0.15, 0.2) is 54.6 Å². The molecule has 1 unspecified atom stereocenters. The van der Waals surface area contributed by atoms with Gasteiger partial charge in [0, 0.05) is 35.4 Å². The quantitative estimate of drug-likeness (QED) is 0.367. The minimum Gasteiger partial charge on any atom is -0.496 e. The number of methoxy groups -OCH3 is 1. The Morgan fingerprint density at radius 2 is 1.85 bits per heavy atom. The van der Waals surface area contributed by atoms with Gasteiger partial charge >= 0.3 is 0 Å². The standard InChI is InChI=1S/C28H34ClN3O2/c1-17(2)19-9-7-8-10-23(19)30-16-22-20(21-15-18(29)11-14-25(21)34-6)12-13-24-26(22)32(5)27(33)28(3,4)31-24/h7-15,17,27,30-31,33H,16H2,1-6H3. The molecule has 0 spiro atoms. The van der Waals surface area contributed by atoms with E-state index in [1.807, 2.05) is 44.0 Å². The maximum absolute atomic E-state index is 11.1. The lowest BCUT2D eigenvalue weighted by molar-refractivity contribution is 0.111. The summed E-state index contributed by atoms with van der Waals surface area (Å²) in [6.45, 7) is 8.97. The van der Waals surface area contributed by atoms with E-state index in [9.17, 15) is 5.11 Å². The minimum absolute atomic E-state index is 0.396. The normalized spacial score (nSPS) is 16.7. The highest BCUT2D eigenvalue weighted by atomic mass is 35.5. The summed E-state index contributed by atoms with van der Waals surface area (Å²) in [5.74, 6) is 1.15. The minimum atomic E-state index is -0.696. The van der Waals surface area contributed by atoms with Crippen LogP contribution in [0.1, 0.15) is 44.7 Å². The van der Waals surface area contributed by atoms with Crippen LogP contribution in [-0.2, 0) is 6.54 Å². The van der Waals surface area contributed by atoms with Crippen LogP contribution >= 0.6 is 11.6 Å². The van der Waals surface area contributed by atoms with Gasteiger partial charge in [-0.15, -0.1) is 0 Å². The highest BCUT2D eigenvalue weighted by molar-refractivity contribution is 6.31. The number of likely N-dealkylation sites (N-methyl/N-ethyl adjacent to an activating group) is 1. The van der Waals surface area contributed by atoms with Crippen LogP contribution in [0.2, 0.25) is 5.02 Å². The third-order valence-electron chi connectivity index (χ3n) is 6.59. The molecule has 180 valence electrons. The van der Waals surface area contributed by atoms with Crippen LogP contribution < -0.4 is 20.3 Å². The van der Waals surface area contributed by atoms with Gasteiger partial charge in [-0.3, -0.25) is 0 Å². The second-order valence-electron chi connectivity index (χ2n) is 9.76. The number of anilines is 3. The van der Waals surface area contributed by atoms with Gasteiger partial charge in [0.05, 0.1) is 24.0 Å². The highest BCUT2D eigenvalue weighted by Gasteiger charge is 2.38. The third-order valence-corrected chi connectivity index (χ3v) is 6.83. The number of nitrogens with one attached hydrogen (secondary N) is 2. The molecule has 0 aromatic heterocycles. The second-order valence-corrected chi connectivity index (χ2v) is 10.2. The molecule has 4 rings (SSSR count). The molecule has 3 aromatic carbocycles. The third kappa shape index (κ3) is 4.42. The lowest BCUT2D eigenvalue weighted by Crippen LogP contribution is -2.56. The fourth-order valence-electron chi connectivity index (χ4n) is 4.83. The molecule has 1 atom stereocenters. The van der Waals surface area contributed by atoms with Crippen LogP contribution in [0.3, 0.4) is 0 Å². The Kier molecular flexibility index (Phi) is 6.70. The van der Waals surface area contributed by atoms with Gasteiger partial charge in [-0.1, -0.05) is 49.7 Å². The molecule has 0 aliphatic carbocycles. The zero-order valence-electron chi connectivity index (χ0n) is 20.7. The van der Waals surface area contributed by atoms with Crippen molar-refractivity contribution in [3.63, 3.8) is 0 Å². The first-order chi connectivity index (χ1) is 16.1. The summed E-state index contributed by atoms with van der Waals surface area (Å²) in [6, 6.07) is 18.2. The summed E-state index contributed by atoms with van der Waals surface area (Å²) in [5.41, 5.74) is 6.80. The fraction of sp³-hybridized carbons (Fsp3) is 0.357. The van der Waals surface area contributed by atoms with Crippen LogP contribution in [0.4, 0.5) is 17.1 Å². The lowest BCUT2D eigenvalue weighted by atomic mass is 9.90. The molecule has 0 bridgehead atoms. The fourth-order valence-corrected chi connectivity index (χ4v) is 5.00. The van der Waals surface area contributed by atoms with Crippen molar-refractivity contribution in [2.75, 3.05) is 29.7 Å². The maximum atomic E-state index is 11.1. The lowest BCUT2D eigenvalue weighted by Gasteiger charge is -2.46. The van der Waals surface area contributed by atoms with Gasteiger partial charge in [-0.2, -0.15) is 0 Å². The first kappa shape index (κ1) is 24.2. The summed E-state index contributed by atoms with van der Waals surface area (Å²) >= 11 is 6.40. The van der Waals surface area contributed by atoms with E-state index in [1.54, 1.807) is 7.11 Å². The molecule has 0 fully saturated rings. The van der Waals surface area contributed by atoms with Crippen molar-refractivity contribution in [3.8, 4) is 16.9 Å². The van der Waals surface area contributed by atoms with Crippen LogP contribution in [0, 0.1) is 0 Å². The van der Waals surface area contributed by atoms with Crippen molar-refractivity contribution in [1.82, 2.24) is 0 Å². The molecule has 0 saturated carbocycles. The Hall–Kier alpha value is -2.89. The van der Waals surface area contributed by atoms with Gasteiger partial charge in [0.2, 0.25) is 0 Å². The molecule has 3 aromatic rings. The van der Waals surface area contributed by atoms with E-state index < -0.39 is 11.8 Å². The monoisotopic (exact) mass is 479 g/mol. The molecule has 0 radical (unpaired) electrons. The van der Waals surface area contributed by atoms with Crippen molar-refractivity contribution in [2.45, 2.75) is 51.9 Å². The zero-order chi connectivity index (χ0) is 24.6. The maximum Gasteiger partial charge on any atom is 0.149 e. The SMILES string of the molecule is COc1ccc(Cl)cc1-c1ccc2c(c1CNc1ccccc1C(C)C)N(C)C(O)C(C)(C)N2. The van der Waals surface area contributed by atoms with Crippen molar-refractivity contribution < 1.29 is 9.84 Å². The first-order valence-electron chi connectivity index (χ1n) is 11.7. The molecular formula is C28H34ClN3O2. The molecule has 0 amide bonds. The average molecular weight is 480 g/mol. The molecule has 0 saturated heterocycles. The number of benzene rings is 3. The van der Waals surface area contributed by atoms with Crippen molar-refractivity contribution in [1.29, 1.82) is 0 Å². The van der Waals surface area contributed by atoms with Crippen molar-refractivity contribution in [2.24, 2.45) is 0 Å². The predicted octanol–water partition coefficient (Wildman–Crippen LogP) is 6.71. The van der Waals surface area contributed by atoms with E-state index in [2.05, 4.69) is 60.9 Å². The Labute approximate surface area is 207 Å². The van der Waals surface area contributed by atoms with E-state index >= 15 is 0 Å². The highest BCUT2D eigenvalue weighted by Crippen LogP contribution is 2.45. The van der Waals surface area contributed by atoms with E-state index in [0.29, 0.717) is 17.5 Å². The summed E-state index contributed by atoms with van der Waals surface area (Å²) in [7, 11) is 3.61. The molecule has 5 nitrogen and oxygen atoms in total. The number of halogens is 1. The molecule has 1 aliphatic rings. The van der Waals surface area contributed by atoms with Gasteiger partial charge in [-0.25, -0.2) is 0 Å². The number of aliphatic hydroxyl groups excluding tert-OH is 1. The smallest absolute Gasteiger partial charge is 0.149 e. The van der Waals surface area contributed by atoms with Gasteiger partial charge in [0.25, 0.3) is 0 Å². The van der Waals surface area contributed by atoms with Crippen LogP contribution in [-0.4, -0.2) is 31.0 Å². The van der Waals surface area contributed by atoms with E-state index in [0.717, 1.165) is 39.5 Å². The second kappa shape index (κ2) is 9.40. The van der Waals surface area contributed by atoms with E-state index in [-0.39, 0.29) is 0 Å². The number of ether oxygens (including phenoxy) is 1. The van der Waals surface area contributed by atoms with Gasteiger partial charge < -0.3 is 25.4 Å². The summed E-state index contributed by atoms with van der Waals surface area (Å²) in [5, 5.41) is 18.9. The molecule has 1 aliphatic heterocycles. The van der Waals surface area contributed by atoms with E-state index in [4.69, 9.17) is 16.3 Å². The Morgan fingerprint density at radius 1 is 1.12 bits per heavy atom. The number of hydrogen-bond acceptors (Lipinski definition) is 5. The predicted molar refractivity (Wildman–Crippen MR) is 143 cm³/mol. The van der Waals surface area contributed by atoms with Gasteiger partial charge in [-0.05, 0) is 61.2 Å². The van der Waals surface area contributed by atoms with Crippen LogP contribution in [0.5, 0.6) is 5.75 Å². The number of aliphatic hydroxyl groups is 1. The number of rotatable bonds is 6. The van der Waals surface area contributed by atoms with Crippen LogP contribution in [0.25, 0.3) is 11.1 Å². The zero-order valence-corrected chi connectivity index (χ0v) is 21.5. The molecule has 6 heteroatoms. The number of para-hydroxylation sites is 1. The van der Waals surface area contributed by atoms with Gasteiger partial charge in [0.15, 0.2) is 0 Å². The largest absolute Gasteiger partial charge is 0.496 e. The summed E-state index contributed by atoms with van der Waals surface area (Å²) in [6.07, 6.45) is -0.696. The summed E-state index contributed by atoms with van der Waals surface area (Å²) in [4.78, 5) is 1.96. The Morgan fingerprint density at radius 3 is 2.56 bits per heavy atom. The van der Waals surface area contributed by atoms with Crippen molar-refractivity contribution >= 4 is 28.7 Å². The number of hydrogen-bond donors (Lipinski definition) is 3. The molecule has 1 heterocycles. The number of fused-ring (bicyclic) bond motifs is 1. The first-order valence-corrected chi connectivity index (χ1v) is 12.0. The van der Waals surface area contributed by atoms with Crippen molar-refractivity contribution in [3.05, 3.63) is 70.7 Å². The Balaban J connectivity index is 1.88.